The Balaban J connectivity index is 1.87. The molecular formula is C25H22F7N3O4S. The maximum Gasteiger partial charge on any atom is 0.573 e. The van der Waals surface area contributed by atoms with Gasteiger partial charge in [-0.3, -0.25) is 4.79 Å². The molecule has 1 heterocycles. The summed E-state index contributed by atoms with van der Waals surface area (Å²) in [5.74, 6) is -3.31. The van der Waals surface area contributed by atoms with Crippen molar-refractivity contribution < 1.29 is 48.7 Å². The maximum absolute atomic E-state index is 14.6. The predicted octanol–water partition coefficient (Wildman–Crippen LogP) is 5.23. The first-order valence-corrected chi connectivity index (χ1v) is 13.3. The molecule has 0 aliphatic carbocycles. The van der Waals surface area contributed by atoms with Crippen LogP contribution >= 0.6 is 0 Å². The van der Waals surface area contributed by atoms with Gasteiger partial charge in [-0.15, -0.1) is 13.2 Å². The average Bonchev–Trinajstić information content (AvgIpc) is 2.84. The number of carbonyl (C=O) groups excluding carboxylic acids is 1. The van der Waals surface area contributed by atoms with Crippen molar-refractivity contribution in [2.75, 3.05) is 6.26 Å². The van der Waals surface area contributed by atoms with E-state index in [4.69, 9.17) is 5.73 Å². The summed E-state index contributed by atoms with van der Waals surface area (Å²) in [6.45, 7) is 1.03. The van der Waals surface area contributed by atoms with Gasteiger partial charge in [0.25, 0.3) is 0 Å². The molecule has 3 aromatic rings. The van der Waals surface area contributed by atoms with Gasteiger partial charge in [-0.05, 0) is 42.3 Å². The number of halogens is 7. The molecule has 3 N–H and O–H groups in total. The number of alkyl halides is 6. The molecule has 0 radical (unpaired) electrons. The van der Waals surface area contributed by atoms with Crippen LogP contribution in [0.25, 0.3) is 11.3 Å². The molecule has 0 fully saturated rings. The number of nitrogens with one attached hydrogen (secondary N) is 1. The van der Waals surface area contributed by atoms with Gasteiger partial charge in [-0.25, -0.2) is 17.8 Å². The first-order valence-electron chi connectivity index (χ1n) is 11.3. The van der Waals surface area contributed by atoms with Crippen molar-refractivity contribution in [1.29, 1.82) is 0 Å². The maximum atomic E-state index is 14.6. The normalized spacial score (nSPS) is 13.9. The summed E-state index contributed by atoms with van der Waals surface area (Å²) >= 11 is 0. The van der Waals surface area contributed by atoms with Crippen LogP contribution in [0.4, 0.5) is 30.7 Å². The lowest BCUT2D eigenvalue weighted by Crippen LogP contribution is -2.28. The third kappa shape index (κ3) is 7.69. The van der Waals surface area contributed by atoms with Crippen molar-refractivity contribution in [1.82, 2.24) is 10.3 Å². The van der Waals surface area contributed by atoms with Crippen LogP contribution < -0.4 is 15.8 Å². The highest BCUT2D eigenvalue weighted by Crippen LogP contribution is 2.33. The predicted molar refractivity (Wildman–Crippen MR) is 130 cm³/mol. The van der Waals surface area contributed by atoms with Crippen LogP contribution in [-0.4, -0.2) is 31.9 Å². The van der Waals surface area contributed by atoms with E-state index in [9.17, 15) is 43.9 Å². The summed E-state index contributed by atoms with van der Waals surface area (Å²) in [5.41, 5.74) is 3.67. The molecule has 0 spiro atoms. The minimum atomic E-state index is -5.04. The topological polar surface area (TPSA) is 111 Å². The number of carbonyl (C=O) groups is 1. The van der Waals surface area contributed by atoms with Crippen molar-refractivity contribution in [3.63, 3.8) is 0 Å². The molecule has 3 rings (SSSR count). The molecule has 1 aromatic heterocycles. The quantitative estimate of drug-likeness (QED) is 0.346. The molecule has 0 saturated heterocycles. The lowest BCUT2D eigenvalue weighted by Gasteiger charge is -2.17. The molecule has 2 unspecified atom stereocenters. The Hall–Kier alpha value is -3.72. The van der Waals surface area contributed by atoms with E-state index in [-0.39, 0.29) is 34.5 Å². The Morgan fingerprint density at radius 2 is 1.73 bits per heavy atom. The minimum absolute atomic E-state index is 0.0402. The van der Waals surface area contributed by atoms with E-state index in [0.29, 0.717) is 6.07 Å². The molecule has 15 heteroatoms. The second kappa shape index (κ2) is 11.4. The van der Waals surface area contributed by atoms with Crippen LogP contribution in [0.1, 0.15) is 40.6 Å². The molecule has 216 valence electrons. The summed E-state index contributed by atoms with van der Waals surface area (Å²) in [4.78, 5) is 16.4. The van der Waals surface area contributed by atoms with E-state index in [1.165, 1.54) is 19.1 Å². The second-order valence-corrected chi connectivity index (χ2v) is 10.9. The molecule has 7 nitrogen and oxygen atoms in total. The number of ether oxygens (including phenoxy) is 1. The monoisotopic (exact) mass is 593 g/mol. The van der Waals surface area contributed by atoms with Crippen molar-refractivity contribution in [2.45, 2.75) is 37.3 Å². The van der Waals surface area contributed by atoms with E-state index in [1.54, 1.807) is 0 Å². The molecule has 40 heavy (non-hydrogen) atoms. The number of aromatic nitrogens is 1. The Labute approximate surface area is 224 Å². The zero-order chi connectivity index (χ0) is 30.0. The second-order valence-electron chi connectivity index (χ2n) is 8.75. The molecule has 2 atom stereocenters. The van der Waals surface area contributed by atoms with Gasteiger partial charge in [0, 0.05) is 23.9 Å². The highest BCUT2D eigenvalue weighted by atomic mass is 32.2. The van der Waals surface area contributed by atoms with E-state index in [2.05, 4.69) is 15.0 Å². The fraction of sp³-hybridized carbons (Fsp3) is 0.280. The zero-order valence-electron chi connectivity index (χ0n) is 20.8. The summed E-state index contributed by atoms with van der Waals surface area (Å²) < 4.78 is 120. The summed E-state index contributed by atoms with van der Waals surface area (Å²) in [5, 5.41) is 0.871. The Morgan fingerprint density at radius 3 is 2.30 bits per heavy atom. The standard InChI is InChI=1S/C25H22F7N3O4S/c1-13(14-6-8-18(19(26)11-14)22(33)40(2,37)38)23(36)34-12-16-7-9-20(24(27,28)29)35-21(16)15-4-3-5-17(10-15)39-25(30,31)32/h3-11,13,22H,12,33H2,1-2H3,(H,34,36). The minimum Gasteiger partial charge on any atom is -0.406 e. The highest BCUT2D eigenvalue weighted by Gasteiger charge is 2.34. The van der Waals surface area contributed by atoms with Gasteiger partial charge in [0.1, 0.15) is 22.6 Å². The number of benzene rings is 2. The van der Waals surface area contributed by atoms with E-state index < -0.39 is 56.8 Å². The molecule has 0 aliphatic rings. The smallest absolute Gasteiger partial charge is 0.406 e. The summed E-state index contributed by atoms with van der Waals surface area (Å²) in [6.07, 6.45) is -9.06. The van der Waals surface area contributed by atoms with Crippen molar-refractivity contribution in [3.05, 3.63) is 82.8 Å². The number of hydrogen-bond donors (Lipinski definition) is 2. The number of hydrogen-bond acceptors (Lipinski definition) is 6. The van der Waals surface area contributed by atoms with Crippen LogP contribution in [0.2, 0.25) is 0 Å². The van der Waals surface area contributed by atoms with Crippen molar-refractivity contribution in [3.8, 4) is 17.0 Å². The number of nitrogens with two attached hydrogens (primary N) is 1. The van der Waals surface area contributed by atoms with Crippen LogP contribution in [0.3, 0.4) is 0 Å². The lowest BCUT2D eigenvalue weighted by molar-refractivity contribution is -0.274. The van der Waals surface area contributed by atoms with Gasteiger partial charge in [-0.1, -0.05) is 30.3 Å². The largest absolute Gasteiger partial charge is 0.573 e. The Morgan fingerprint density at radius 1 is 1.05 bits per heavy atom. The Bertz CT molecular complexity index is 1510. The number of rotatable bonds is 8. The third-order valence-electron chi connectivity index (χ3n) is 5.75. The molecular weight excluding hydrogens is 571 g/mol. The van der Waals surface area contributed by atoms with Gasteiger partial charge in [0.05, 0.1) is 11.6 Å². The summed E-state index contributed by atoms with van der Waals surface area (Å²) in [7, 11) is -3.80. The van der Waals surface area contributed by atoms with Gasteiger partial charge < -0.3 is 15.8 Å². The Kier molecular flexibility index (Phi) is 8.79. The molecule has 2 aromatic carbocycles. The van der Waals surface area contributed by atoms with E-state index >= 15 is 0 Å². The van der Waals surface area contributed by atoms with E-state index in [1.807, 2.05) is 0 Å². The third-order valence-corrected chi connectivity index (χ3v) is 6.93. The van der Waals surface area contributed by atoms with Gasteiger partial charge in [0.2, 0.25) is 5.91 Å². The fourth-order valence-electron chi connectivity index (χ4n) is 3.64. The molecule has 0 bridgehead atoms. The SMILES string of the molecule is CC(C(=O)NCc1ccc(C(F)(F)F)nc1-c1cccc(OC(F)(F)F)c1)c1ccc(C(N)S(C)(=O)=O)c(F)c1. The van der Waals surface area contributed by atoms with Crippen LogP contribution in [0.15, 0.2) is 54.6 Å². The molecule has 1 amide bonds. The van der Waals surface area contributed by atoms with Gasteiger partial charge in [-0.2, -0.15) is 13.2 Å². The van der Waals surface area contributed by atoms with Gasteiger partial charge in [0.15, 0.2) is 9.84 Å². The van der Waals surface area contributed by atoms with Crippen LogP contribution in [0.5, 0.6) is 5.75 Å². The number of pyridine rings is 1. The molecule has 0 aliphatic heterocycles. The van der Waals surface area contributed by atoms with Gasteiger partial charge >= 0.3 is 12.5 Å². The first kappa shape index (κ1) is 30.8. The van der Waals surface area contributed by atoms with Crippen LogP contribution in [-0.2, 0) is 27.4 Å². The van der Waals surface area contributed by atoms with Crippen LogP contribution in [0, 0.1) is 5.82 Å². The fourth-order valence-corrected chi connectivity index (χ4v) is 4.29. The van der Waals surface area contributed by atoms with Crippen molar-refractivity contribution in [2.24, 2.45) is 5.73 Å². The van der Waals surface area contributed by atoms with Crippen molar-refractivity contribution >= 4 is 15.7 Å². The highest BCUT2D eigenvalue weighted by molar-refractivity contribution is 7.90. The summed E-state index contributed by atoms with van der Waals surface area (Å²) in [6, 6.07) is 9.25. The zero-order valence-corrected chi connectivity index (χ0v) is 21.6. The number of sulfone groups is 1. The first-order chi connectivity index (χ1) is 18.4. The average molecular weight is 594 g/mol. The number of amides is 1. The van der Waals surface area contributed by atoms with E-state index in [0.717, 1.165) is 42.7 Å². The molecule has 0 saturated carbocycles. The lowest BCUT2D eigenvalue weighted by atomic mass is 9.98. The number of nitrogens with zero attached hydrogens (tertiary/aromatic N) is 1.